The van der Waals surface area contributed by atoms with Gasteiger partial charge in [0.05, 0.1) is 11.1 Å². The molecule has 0 saturated heterocycles. The molecule has 2 aliphatic rings. The van der Waals surface area contributed by atoms with E-state index < -0.39 is 5.41 Å². The predicted octanol–water partition coefficient (Wildman–Crippen LogP) is 16.4. The van der Waals surface area contributed by atoms with Crippen molar-refractivity contribution in [2.75, 3.05) is 4.90 Å². The van der Waals surface area contributed by atoms with Gasteiger partial charge in [0, 0.05) is 27.7 Å². The highest BCUT2D eigenvalue weighted by molar-refractivity contribution is 6.14. The molecule has 1 heterocycles. The Morgan fingerprint density at radius 1 is 0.302 bits per heavy atom. The normalized spacial score (nSPS) is 12.9. The van der Waals surface area contributed by atoms with Crippen LogP contribution in [0, 0.1) is 0 Å². The Kier molecular flexibility index (Phi) is 7.85. The lowest BCUT2D eigenvalue weighted by Gasteiger charge is -2.33. The Labute approximate surface area is 366 Å². The van der Waals surface area contributed by atoms with Crippen molar-refractivity contribution in [1.82, 2.24) is 0 Å². The number of para-hydroxylation sites is 2. The van der Waals surface area contributed by atoms with E-state index in [-0.39, 0.29) is 0 Å². The first-order valence-electron chi connectivity index (χ1n) is 21.8. The van der Waals surface area contributed by atoms with Gasteiger partial charge < -0.3 is 9.32 Å². The van der Waals surface area contributed by atoms with Crippen LogP contribution in [0.1, 0.15) is 22.3 Å². The van der Waals surface area contributed by atoms with Gasteiger partial charge in [-0.2, -0.15) is 0 Å². The van der Waals surface area contributed by atoms with Crippen molar-refractivity contribution >= 4 is 39.0 Å². The summed E-state index contributed by atoms with van der Waals surface area (Å²) in [5.74, 6) is 0. The van der Waals surface area contributed by atoms with Crippen molar-refractivity contribution in [1.29, 1.82) is 0 Å². The van der Waals surface area contributed by atoms with Crippen molar-refractivity contribution in [2.24, 2.45) is 0 Å². The highest BCUT2D eigenvalue weighted by atomic mass is 16.3. The van der Waals surface area contributed by atoms with E-state index in [1.807, 2.05) is 6.07 Å². The number of hydrogen-bond donors (Lipinski definition) is 0. The molecule has 0 saturated carbocycles. The average Bonchev–Trinajstić information content (AvgIpc) is 3.99. The monoisotopic (exact) mass is 801 g/mol. The van der Waals surface area contributed by atoms with Gasteiger partial charge in [-0.3, -0.25) is 0 Å². The molecule has 2 aliphatic carbocycles. The minimum Gasteiger partial charge on any atom is -0.456 e. The van der Waals surface area contributed by atoms with Crippen LogP contribution in [0.15, 0.2) is 241 Å². The maximum absolute atomic E-state index is 6.47. The van der Waals surface area contributed by atoms with E-state index in [9.17, 15) is 0 Å². The van der Waals surface area contributed by atoms with Gasteiger partial charge >= 0.3 is 0 Å². The summed E-state index contributed by atoms with van der Waals surface area (Å²) in [5.41, 5.74) is 22.0. The van der Waals surface area contributed by atoms with Crippen LogP contribution in [0.4, 0.5) is 17.1 Å². The average molecular weight is 802 g/mol. The lowest BCUT2D eigenvalue weighted by atomic mass is 9.70. The molecule has 11 aromatic rings. The molecule has 294 valence electrons. The molecule has 1 aromatic heterocycles. The van der Waals surface area contributed by atoms with E-state index in [2.05, 4.69) is 235 Å². The van der Waals surface area contributed by atoms with Gasteiger partial charge in [-0.15, -0.1) is 0 Å². The molecule has 0 bridgehead atoms. The minimum absolute atomic E-state index is 0.471. The predicted molar refractivity (Wildman–Crippen MR) is 261 cm³/mol. The molecule has 0 N–H and O–H groups in total. The highest BCUT2D eigenvalue weighted by Gasteiger charge is 2.51. The number of furan rings is 1. The molecular weight excluding hydrogens is 763 g/mol. The molecule has 1 spiro atoms. The fraction of sp³-hybridized carbons (Fsp3) is 0.0164. The molecule has 63 heavy (non-hydrogen) atoms. The lowest BCUT2D eigenvalue weighted by Crippen LogP contribution is -2.26. The first kappa shape index (κ1) is 35.5. The Morgan fingerprint density at radius 3 is 1.52 bits per heavy atom. The summed E-state index contributed by atoms with van der Waals surface area (Å²) in [6.45, 7) is 0. The number of rotatable bonds is 6. The second kappa shape index (κ2) is 13.9. The van der Waals surface area contributed by atoms with Gasteiger partial charge in [0.1, 0.15) is 11.2 Å². The second-order valence-corrected chi connectivity index (χ2v) is 16.7. The van der Waals surface area contributed by atoms with Crippen LogP contribution >= 0.6 is 0 Å². The number of fused-ring (bicyclic) bond motifs is 13. The number of anilines is 3. The molecule has 0 radical (unpaired) electrons. The van der Waals surface area contributed by atoms with Crippen molar-refractivity contribution in [3.63, 3.8) is 0 Å². The Bertz CT molecular complexity index is 3530. The van der Waals surface area contributed by atoms with Gasteiger partial charge in [-0.1, -0.05) is 188 Å². The van der Waals surface area contributed by atoms with Crippen LogP contribution in [0.2, 0.25) is 0 Å². The summed E-state index contributed by atoms with van der Waals surface area (Å²) in [6.07, 6.45) is 0. The van der Waals surface area contributed by atoms with E-state index in [0.29, 0.717) is 0 Å². The second-order valence-electron chi connectivity index (χ2n) is 16.7. The highest BCUT2D eigenvalue weighted by Crippen LogP contribution is 2.63. The smallest absolute Gasteiger partial charge is 0.136 e. The third kappa shape index (κ3) is 5.25. The molecular formula is C61H39NO. The molecule has 0 aliphatic heterocycles. The largest absolute Gasteiger partial charge is 0.456 e. The topological polar surface area (TPSA) is 16.4 Å². The van der Waals surface area contributed by atoms with E-state index >= 15 is 0 Å². The van der Waals surface area contributed by atoms with Gasteiger partial charge in [0.25, 0.3) is 0 Å². The lowest BCUT2D eigenvalue weighted by molar-refractivity contribution is 0.669. The molecule has 10 aromatic carbocycles. The fourth-order valence-corrected chi connectivity index (χ4v) is 10.9. The zero-order valence-corrected chi connectivity index (χ0v) is 34.4. The molecule has 0 amide bonds. The number of benzene rings is 10. The van der Waals surface area contributed by atoms with Crippen LogP contribution in [-0.2, 0) is 5.41 Å². The maximum atomic E-state index is 6.47. The van der Waals surface area contributed by atoms with Gasteiger partial charge in [0.15, 0.2) is 0 Å². The first-order chi connectivity index (χ1) is 31.3. The van der Waals surface area contributed by atoms with Crippen LogP contribution in [0.25, 0.3) is 77.6 Å². The molecule has 2 nitrogen and oxygen atoms in total. The Hall–Kier alpha value is -8.20. The van der Waals surface area contributed by atoms with Crippen LogP contribution in [0.3, 0.4) is 0 Å². The summed E-state index contributed by atoms with van der Waals surface area (Å²) in [7, 11) is 0. The standard InChI is InChI=1S/C61H39NO/c1-2-17-40(18-3-1)41-19-14-20-42(37-41)43-21-15-22-44(38-43)62(57-32-12-7-26-50(57)51-28-16-34-59-60(51)52-27-8-13-33-58(52)63-59)45-35-36-49-48-25-6-11-31-55(48)61(56(49)39-45)53-29-9-4-23-46(53)47-24-5-10-30-54(47)61/h1-39H. The van der Waals surface area contributed by atoms with Crippen molar-refractivity contribution in [2.45, 2.75) is 5.41 Å². The summed E-state index contributed by atoms with van der Waals surface area (Å²) < 4.78 is 6.47. The van der Waals surface area contributed by atoms with E-state index in [1.165, 1.54) is 61.2 Å². The van der Waals surface area contributed by atoms with E-state index in [1.54, 1.807) is 0 Å². The third-order valence-corrected chi connectivity index (χ3v) is 13.5. The van der Waals surface area contributed by atoms with E-state index in [0.717, 1.165) is 55.7 Å². The fourth-order valence-electron chi connectivity index (χ4n) is 10.9. The Morgan fingerprint density at radius 2 is 0.794 bits per heavy atom. The number of hydrogen-bond acceptors (Lipinski definition) is 2. The zero-order valence-electron chi connectivity index (χ0n) is 34.4. The maximum Gasteiger partial charge on any atom is 0.136 e. The van der Waals surface area contributed by atoms with Crippen LogP contribution in [-0.4, -0.2) is 0 Å². The van der Waals surface area contributed by atoms with Crippen LogP contribution < -0.4 is 4.90 Å². The molecule has 2 heteroatoms. The molecule has 0 fully saturated rings. The van der Waals surface area contributed by atoms with Crippen LogP contribution in [0.5, 0.6) is 0 Å². The summed E-state index contributed by atoms with van der Waals surface area (Å²) in [4.78, 5) is 2.48. The summed E-state index contributed by atoms with van der Waals surface area (Å²) in [5, 5.41) is 2.23. The molecule has 0 unspecified atom stereocenters. The van der Waals surface area contributed by atoms with Gasteiger partial charge in [-0.05, 0) is 121 Å². The summed E-state index contributed by atoms with van der Waals surface area (Å²) >= 11 is 0. The summed E-state index contributed by atoms with van der Waals surface area (Å²) in [6, 6.07) is 86.6. The van der Waals surface area contributed by atoms with Crippen molar-refractivity contribution in [3.05, 3.63) is 259 Å². The van der Waals surface area contributed by atoms with Crippen molar-refractivity contribution < 1.29 is 4.42 Å². The van der Waals surface area contributed by atoms with Crippen molar-refractivity contribution in [3.8, 4) is 55.6 Å². The first-order valence-corrected chi connectivity index (χ1v) is 21.8. The number of nitrogens with zero attached hydrogens (tertiary/aromatic N) is 1. The van der Waals surface area contributed by atoms with Gasteiger partial charge in [-0.25, -0.2) is 0 Å². The third-order valence-electron chi connectivity index (χ3n) is 13.5. The minimum atomic E-state index is -0.471. The molecule has 13 rings (SSSR count). The van der Waals surface area contributed by atoms with E-state index in [4.69, 9.17) is 4.42 Å². The Balaban J connectivity index is 1.07. The SMILES string of the molecule is c1ccc(-c2cccc(-c3cccc(N(c4ccc5c(c4)C4(c6ccccc6-c6ccccc64)c4ccccc4-5)c4ccccc4-c4cccc5oc6ccccc6c45)c3)c2)cc1. The van der Waals surface area contributed by atoms with Gasteiger partial charge in [0.2, 0.25) is 0 Å². The molecule has 0 atom stereocenters. The quantitative estimate of drug-likeness (QED) is 0.167. The zero-order chi connectivity index (χ0) is 41.5.